The third-order valence-corrected chi connectivity index (χ3v) is 5.87. The van der Waals surface area contributed by atoms with Crippen LogP contribution in [-0.4, -0.2) is 38.9 Å². The van der Waals surface area contributed by atoms with Crippen LogP contribution in [0, 0.1) is 5.92 Å². The molecule has 6 nitrogen and oxygen atoms in total. The molecule has 2 aromatic rings. The molecule has 2 aliphatic carbocycles. The van der Waals surface area contributed by atoms with Crippen LogP contribution < -0.4 is 0 Å². The summed E-state index contributed by atoms with van der Waals surface area (Å²) < 4.78 is 75.3. The molecule has 0 N–H and O–H groups in total. The van der Waals surface area contributed by atoms with Crippen LogP contribution in [0.1, 0.15) is 59.0 Å². The smallest absolute Gasteiger partial charge is 0.420 e. The van der Waals surface area contributed by atoms with Gasteiger partial charge in [-0.25, -0.2) is 23.6 Å². The number of ether oxygens (including phenoxy) is 1. The number of aromatic nitrogens is 3. The minimum absolute atomic E-state index is 0.0493. The number of rotatable bonds is 6. The summed E-state index contributed by atoms with van der Waals surface area (Å²) in [4.78, 5) is 19.5. The predicted octanol–water partition coefficient (Wildman–Crippen LogP) is 5.32. The van der Waals surface area contributed by atoms with Gasteiger partial charge in [-0.3, -0.25) is 4.68 Å². The van der Waals surface area contributed by atoms with Crippen molar-refractivity contribution in [3.8, 4) is 0 Å². The number of aliphatic imine (C=N–C) groups is 1. The Labute approximate surface area is 184 Å². The van der Waals surface area contributed by atoms with Crippen LogP contribution in [0.25, 0.3) is 0 Å². The third-order valence-electron chi connectivity index (χ3n) is 5.60. The molecule has 2 saturated carbocycles. The van der Waals surface area contributed by atoms with E-state index in [2.05, 4.69) is 19.8 Å². The lowest BCUT2D eigenvalue weighted by atomic mass is 9.81. The van der Waals surface area contributed by atoms with Gasteiger partial charge in [-0.15, -0.1) is 0 Å². The van der Waals surface area contributed by atoms with Crippen LogP contribution in [0.5, 0.6) is 0 Å². The standard InChI is InChI=1S/C20H18ClF5N4O2/c1-32-18(31)13-8-12(5-7-27-13)28-17(21)16-14(20(24,25)26)15(10-2-3-10)29-30(16)9-11-4-6-19(11,22)23/h5,7-8,10-11H,2-4,6,9H2,1H3/b28-17-. The Morgan fingerprint density at radius 1 is 1.34 bits per heavy atom. The van der Waals surface area contributed by atoms with E-state index in [4.69, 9.17) is 11.6 Å². The van der Waals surface area contributed by atoms with Crippen LogP contribution in [0.15, 0.2) is 23.3 Å². The SMILES string of the molecule is COC(=O)c1cc(/N=C(\Cl)c2c(C(F)(F)F)c(C3CC3)nn2CC2CCC2(F)F)ccn1. The van der Waals surface area contributed by atoms with Crippen LogP contribution in [0.3, 0.4) is 0 Å². The van der Waals surface area contributed by atoms with Gasteiger partial charge in [0.25, 0.3) is 5.92 Å². The maximum absolute atomic E-state index is 14.0. The minimum Gasteiger partial charge on any atom is -0.464 e. The lowest BCUT2D eigenvalue weighted by Gasteiger charge is -2.36. The van der Waals surface area contributed by atoms with Gasteiger partial charge >= 0.3 is 12.1 Å². The Balaban J connectivity index is 1.80. The van der Waals surface area contributed by atoms with Crippen molar-refractivity contribution in [3.05, 3.63) is 41.0 Å². The first-order valence-electron chi connectivity index (χ1n) is 9.86. The number of methoxy groups -OCH3 is 1. The zero-order valence-corrected chi connectivity index (χ0v) is 17.6. The second-order valence-corrected chi connectivity index (χ2v) is 8.21. The van der Waals surface area contributed by atoms with Gasteiger partial charge in [0.1, 0.15) is 17.0 Å². The van der Waals surface area contributed by atoms with Gasteiger partial charge in [0, 0.05) is 24.5 Å². The second-order valence-electron chi connectivity index (χ2n) is 7.85. The molecule has 0 radical (unpaired) electrons. The third kappa shape index (κ3) is 4.35. The molecule has 12 heteroatoms. The van der Waals surface area contributed by atoms with E-state index in [0.717, 1.165) is 11.8 Å². The molecule has 2 aromatic heterocycles. The molecule has 1 atom stereocenters. The summed E-state index contributed by atoms with van der Waals surface area (Å²) in [5, 5.41) is 3.49. The van der Waals surface area contributed by atoms with Gasteiger partial charge in [-0.05, 0) is 31.4 Å². The van der Waals surface area contributed by atoms with E-state index in [9.17, 15) is 26.7 Å². The van der Waals surface area contributed by atoms with E-state index >= 15 is 0 Å². The molecular formula is C20H18ClF5N4O2. The van der Waals surface area contributed by atoms with Crippen LogP contribution in [0.2, 0.25) is 0 Å². The number of halogens is 6. The van der Waals surface area contributed by atoms with Crippen molar-refractivity contribution >= 4 is 28.4 Å². The van der Waals surface area contributed by atoms with Crippen molar-refractivity contribution in [2.24, 2.45) is 10.9 Å². The minimum atomic E-state index is -4.81. The molecule has 4 rings (SSSR count). The van der Waals surface area contributed by atoms with Gasteiger partial charge in [0.2, 0.25) is 0 Å². The highest BCUT2D eigenvalue weighted by molar-refractivity contribution is 6.69. The first kappa shape index (κ1) is 22.6. The number of carbonyl (C=O) groups is 1. The maximum atomic E-state index is 14.0. The number of hydrogen-bond acceptors (Lipinski definition) is 5. The number of esters is 1. The van der Waals surface area contributed by atoms with E-state index in [1.165, 1.54) is 18.3 Å². The Hall–Kier alpha value is -2.56. The van der Waals surface area contributed by atoms with Crippen molar-refractivity contribution in [1.82, 2.24) is 14.8 Å². The zero-order chi connectivity index (χ0) is 23.3. The van der Waals surface area contributed by atoms with Crippen LogP contribution in [-0.2, 0) is 17.5 Å². The van der Waals surface area contributed by atoms with Gasteiger partial charge in [0.05, 0.1) is 25.0 Å². The quantitative estimate of drug-likeness (QED) is 0.321. The fraction of sp³-hybridized carbons (Fsp3) is 0.500. The summed E-state index contributed by atoms with van der Waals surface area (Å²) in [6.07, 6.45) is -2.67. The van der Waals surface area contributed by atoms with E-state index < -0.39 is 52.9 Å². The summed E-state index contributed by atoms with van der Waals surface area (Å²) in [5.41, 5.74) is -1.88. The molecule has 0 aliphatic heterocycles. The first-order valence-corrected chi connectivity index (χ1v) is 10.2. The first-order chi connectivity index (χ1) is 15.0. The predicted molar refractivity (Wildman–Crippen MR) is 105 cm³/mol. The fourth-order valence-electron chi connectivity index (χ4n) is 3.62. The van der Waals surface area contributed by atoms with Crippen molar-refractivity contribution in [2.45, 2.75) is 50.2 Å². The van der Waals surface area contributed by atoms with E-state index in [0.29, 0.717) is 12.8 Å². The van der Waals surface area contributed by atoms with Crippen molar-refractivity contribution in [2.75, 3.05) is 7.11 Å². The highest BCUT2D eigenvalue weighted by Crippen LogP contribution is 2.48. The van der Waals surface area contributed by atoms with E-state index in [-0.39, 0.29) is 29.9 Å². The average molecular weight is 477 g/mol. The molecule has 0 aromatic carbocycles. The largest absolute Gasteiger partial charge is 0.464 e. The number of pyridine rings is 1. The second kappa shape index (κ2) is 8.09. The number of nitrogens with zero attached hydrogens (tertiary/aromatic N) is 4. The molecule has 0 spiro atoms. The fourth-order valence-corrected chi connectivity index (χ4v) is 3.91. The highest BCUT2D eigenvalue weighted by atomic mass is 35.5. The summed E-state index contributed by atoms with van der Waals surface area (Å²) in [6.45, 7) is -0.409. The van der Waals surface area contributed by atoms with Crippen LogP contribution >= 0.6 is 11.6 Å². The van der Waals surface area contributed by atoms with Gasteiger partial charge < -0.3 is 4.74 Å². The van der Waals surface area contributed by atoms with E-state index in [1.807, 2.05) is 0 Å². The van der Waals surface area contributed by atoms with Crippen molar-refractivity contribution in [3.63, 3.8) is 0 Å². The normalized spacial score (nSPS) is 20.7. The summed E-state index contributed by atoms with van der Waals surface area (Å²) in [6, 6.07) is 2.54. The average Bonchev–Trinajstić information content (AvgIpc) is 3.50. The molecule has 0 bridgehead atoms. The Morgan fingerprint density at radius 3 is 2.59 bits per heavy atom. The zero-order valence-electron chi connectivity index (χ0n) is 16.8. The molecule has 0 amide bonds. The molecule has 32 heavy (non-hydrogen) atoms. The Kier molecular flexibility index (Phi) is 5.72. The van der Waals surface area contributed by atoms with Gasteiger partial charge in [-0.2, -0.15) is 18.3 Å². The van der Waals surface area contributed by atoms with Crippen molar-refractivity contribution < 1.29 is 31.5 Å². The lowest BCUT2D eigenvalue weighted by Crippen LogP contribution is -2.41. The highest BCUT2D eigenvalue weighted by Gasteiger charge is 2.50. The maximum Gasteiger partial charge on any atom is 0.420 e. The van der Waals surface area contributed by atoms with Gasteiger partial charge in [-0.1, -0.05) is 11.6 Å². The summed E-state index contributed by atoms with van der Waals surface area (Å²) in [7, 11) is 1.15. The monoisotopic (exact) mass is 476 g/mol. The summed E-state index contributed by atoms with van der Waals surface area (Å²) in [5.74, 6) is -5.26. The van der Waals surface area contributed by atoms with Crippen LogP contribution in [0.4, 0.5) is 27.6 Å². The Bertz CT molecular complexity index is 1080. The Morgan fingerprint density at radius 2 is 2.06 bits per heavy atom. The van der Waals surface area contributed by atoms with Gasteiger partial charge in [0.15, 0.2) is 5.17 Å². The molecule has 0 saturated heterocycles. The number of carbonyl (C=O) groups excluding carboxylic acids is 1. The molecule has 172 valence electrons. The van der Waals surface area contributed by atoms with Crippen molar-refractivity contribution in [1.29, 1.82) is 0 Å². The molecule has 1 unspecified atom stereocenters. The van der Waals surface area contributed by atoms with E-state index in [1.54, 1.807) is 0 Å². The summed E-state index contributed by atoms with van der Waals surface area (Å²) >= 11 is 6.24. The molecule has 2 heterocycles. The molecular weight excluding hydrogens is 459 g/mol. The topological polar surface area (TPSA) is 69.4 Å². The number of hydrogen-bond donors (Lipinski definition) is 0. The molecule has 2 fully saturated rings. The molecule has 2 aliphatic rings. The lowest BCUT2D eigenvalue weighted by molar-refractivity contribution is -0.139. The number of alkyl halides is 5.